The van der Waals surface area contributed by atoms with Gasteiger partial charge in [0.25, 0.3) is 11.4 Å². The molecule has 0 unspecified atom stereocenters. The van der Waals surface area contributed by atoms with E-state index in [1.54, 1.807) is 18.2 Å². The van der Waals surface area contributed by atoms with Crippen molar-refractivity contribution in [2.24, 2.45) is 0 Å². The van der Waals surface area contributed by atoms with Crippen molar-refractivity contribution in [1.29, 1.82) is 0 Å². The average molecular weight is 374 g/mol. The normalized spacial score (nSPS) is 11.5. The second kappa shape index (κ2) is 8.75. The third-order valence-corrected chi connectivity index (χ3v) is 4.20. The van der Waals surface area contributed by atoms with E-state index in [0.717, 1.165) is 12.4 Å². The van der Waals surface area contributed by atoms with E-state index in [9.17, 15) is 25.0 Å². The van der Waals surface area contributed by atoms with Crippen LogP contribution in [0.4, 0.5) is 11.4 Å². The molecule has 0 spiro atoms. The quantitative estimate of drug-likeness (QED) is 0.374. The zero-order chi connectivity index (χ0) is 20.0. The number of ether oxygens (including phenoxy) is 2. The van der Waals surface area contributed by atoms with E-state index in [0.29, 0.717) is 22.6 Å². The predicted octanol–water partition coefficient (Wildman–Crippen LogP) is 3.44. The number of nitro groups is 2. The number of carbonyl (C=O) groups is 1. The van der Waals surface area contributed by atoms with E-state index < -0.39 is 15.8 Å². The number of rotatable bonds is 9. The summed E-state index contributed by atoms with van der Waals surface area (Å²) in [6.45, 7) is 0. The lowest BCUT2D eigenvalue weighted by molar-refractivity contribution is -0.394. The van der Waals surface area contributed by atoms with Crippen LogP contribution in [0, 0.1) is 20.2 Å². The minimum absolute atomic E-state index is 0.108. The molecular formula is C18H18N2O7. The summed E-state index contributed by atoms with van der Waals surface area (Å²) in [5.41, 5.74) is 0.278. The van der Waals surface area contributed by atoms with Crippen molar-refractivity contribution in [2.75, 3.05) is 14.2 Å². The summed E-state index contributed by atoms with van der Waals surface area (Å²) in [6, 6.07) is 8.61. The summed E-state index contributed by atoms with van der Waals surface area (Å²) in [5.74, 6) is 0.663. The van der Waals surface area contributed by atoms with E-state index in [1.807, 2.05) is 0 Å². The topological polar surface area (TPSA) is 122 Å². The van der Waals surface area contributed by atoms with Crippen LogP contribution in [0.3, 0.4) is 0 Å². The molecule has 0 aliphatic rings. The summed E-state index contributed by atoms with van der Waals surface area (Å²) in [5, 5.41) is 22.2. The standard InChI is InChI=1S/C18H18N2O7/c1-26-15-5-6-16(18(11-15)27-2)12(7-8-21)9-13-3-4-14(19(22)23)10-17(13)20(24)25/h3-6,8,10-12H,7,9H2,1-2H3/t12-/m1/s1. The molecule has 2 rings (SSSR count). The zero-order valence-corrected chi connectivity index (χ0v) is 14.8. The number of benzene rings is 2. The summed E-state index contributed by atoms with van der Waals surface area (Å²) in [6.07, 6.45) is 0.984. The molecule has 0 N–H and O–H groups in total. The van der Waals surface area contributed by atoms with Gasteiger partial charge < -0.3 is 14.3 Å². The van der Waals surface area contributed by atoms with Crippen molar-refractivity contribution in [3.05, 3.63) is 67.8 Å². The van der Waals surface area contributed by atoms with E-state index in [-0.39, 0.29) is 24.2 Å². The van der Waals surface area contributed by atoms with Gasteiger partial charge in [-0.2, -0.15) is 0 Å². The van der Waals surface area contributed by atoms with Crippen LogP contribution < -0.4 is 9.47 Å². The predicted molar refractivity (Wildman–Crippen MR) is 96.4 cm³/mol. The first-order valence-electron chi connectivity index (χ1n) is 7.98. The van der Waals surface area contributed by atoms with Crippen molar-refractivity contribution in [3.8, 4) is 11.5 Å². The fraction of sp³-hybridized carbons (Fsp3) is 0.278. The Morgan fingerprint density at radius 3 is 2.33 bits per heavy atom. The Morgan fingerprint density at radius 2 is 1.78 bits per heavy atom. The second-order valence-corrected chi connectivity index (χ2v) is 5.74. The van der Waals surface area contributed by atoms with Crippen LogP contribution in [-0.4, -0.2) is 30.4 Å². The van der Waals surface area contributed by atoms with Gasteiger partial charge in [-0.15, -0.1) is 0 Å². The smallest absolute Gasteiger partial charge is 0.279 e. The fourth-order valence-corrected chi connectivity index (χ4v) is 2.87. The van der Waals surface area contributed by atoms with Crippen molar-refractivity contribution >= 4 is 17.7 Å². The monoisotopic (exact) mass is 374 g/mol. The summed E-state index contributed by atoms with van der Waals surface area (Å²) < 4.78 is 10.5. The number of carbonyl (C=O) groups excluding carboxylic acids is 1. The number of nitro benzene ring substituents is 2. The maximum Gasteiger partial charge on any atom is 0.279 e. The summed E-state index contributed by atoms with van der Waals surface area (Å²) in [4.78, 5) is 32.1. The van der Waals surface area contributed by atoms with Crippen LogP contribution in [-0.2, 0) is 11.2 Å². The third-order valence-electron chi connectivity index (χ3n) is 4.20. The van der Waals surface area contributed by atoms with Gasteiger partial charge in [0.2, 0.25) is 0 Å². The lowest BCUT2D eigenvalue weighted by Gasteiger charge is -2.19. The molecular weight excluding hydrogens is 356 g/mol. The largest absolute Gasteiger partial charge is 0.497 e. The van der Waals surface area contributed by atoms with Crippen LogP contribution >= 0.6 is 0 Å². The van der Waals surface area contributed by atoms with Gasteiger partial charge >= 0.3 is 0 Å². The van der Waals surface area contributed by atoms with Gasteiger partial charge in [-0.25, -0.2) is 0 Å². The zero-order valence-electron chi connectivity index (χ0n) is 14.8. The van der Waals surface area contributed by atoms with Crippen molar-refractivity contribution in [3.63, 3.8) is 0 Å². The number of nitrogens with zero attached hydrogens (tertiary/aromatic N) is 2. The van der Waals surface area contributed by atoms with Gasteiger partial charge in [0.1, 0.15) is 17.8 Å². The molecule has 0 heterocycles. The highest BCUT2D eigenvalue weighted by atomic mass is 16.6. The van der Waals surface area contributed by atoms with Gasteiger partial charge in [0.05, 0.1) is 30.1 Å². The van der Waals surface area contributed by atoms with Crippen LogP contribution in [0.15, 0.2) is 36.4 Å². The molecule has 27 heavy (non-hydrogen) atoms. The Morgan fingerprint density at radius 1 is 1.04 bits per heavy atom. The number of methoxy groups -OCH3 is 2. The number of non-ortho nitro benzene ring substituents is 1. The molecule has 0 radical (unpaired) electrons. The van der Waals surface area contributed by atoms with E-state index in [2.05, 4.69) is 0 Å². The van der Waals surface area contributed by atoms with E-state index >= 15 is 0 Å². The maximum atomic E-state index is 11.4. The number of hydrogen-bond acceptors (Lipinski definition) is 7. The van der Waals surface area contributed by atoms with Gasteiger partial charge in [0.15, 0.2) is 0 Å². The Bertz CT molecular complexity index is 867. The molecule has 2 aromatic rings. The molecule has 142 valence electrons. The van der Waals surface area contributed by atoms with Gasteiger partial charge in [-0.1, -0.05) is 6.07 Å². The molecule has 0 saturated heterocycles. The SMILES string of the molecule is COc1ccc([C@H](CC=O)Cc2ccc([N+](=O)[O-])cc2[N+](=O)[O-])c(OC)c1. The van der Waals surface area contributed by atoms with Gasteiger partial charge in [0, 0.05) is 24.1 Å². The van der Waals surface area contributed by atoms with Crippen LogP contribution in [0.5, 0.6) is 11.5 Å². The van der Waals surface area contributed by atoms with E-state index in [1.165, 1.54) is 26.4 Å². The fourth-order valence-electron chi connectivity index (χ4n) is 2.87. The first-order chi connectivity index (χ1) is 12.9. The molecule has 0 bridgehead atoms. The van der Waals surface area contributed by atoms with Crippen LogP contribution in [0.1, 0.15) is 23.5 Å². The lowest BCUT2D eigenvalue weighted by atomic mass is 9.88. The molecule has 1 atom stereocenters. The first kappa shape index (κ1) is 19.8. The van der Waals surface area contributed by atoms with Gasteiger partial charge in [-0.3, -0.25) is 20.2 Å². The van der Waals surface area contributed by atoms with Crippen LogP contribution in [0.2, 0.25) is 0 Å². The Labute approximate surface area is 154 Å². The van der Waals surface area contributed by atoms with Gasteiger partial charge in [-0.05, 0) is 30.0 Å². The minimum Gasteiger partial charge on any atom is -0.497 e. The highest BCUT2D eigenvalue weighted by Gasteiger charge is 2.24. The molecule has 0 amide bonds. The summed E-state index contributed by atoms with van der Waals surface area (Å²) in [7, 11) is 2.99. The summed E-state index contributed by atoms with van der Waals surface area (Å²) >= 11 is 0. The molecule has 9 heteroatoms. The molecule has 0 saturated carbocycles. The van der Waals surface area contributed by atoms with Crippen molar-refractivity contribution < 1.29 is 24.1 Å². The molecule has 9 nitrogen and oxygen atoms in total. The molecule has 0 aromatic heterocycles. The highest BCUT2D eigenvalue weighted by Crippen LogP contribution is 2.36. The number of aldehydes is 1. The maximum absolute atomic E-state index is 11.4. The molecule has 0 aliphatic heterocycles. The minimum atomic E-state index is -0.688. The first-order valence-corrected chi connectivity index (χ1v) is 7.98. The highest BCUT2D eigenvalue weighted by molar-refractivity contribution is 5.56. The average Bonchev–Trinajstić information content (AvgIpc) is 2.66. The molecule has 2 aromatic carbocycles. The second-order valence-electron chi connectivity index (χ2n) is 5.74. The Hall–Kier alpha value is -3.49. The van der Waals surface area contributed by atoms with Crippen molar-refractivity contribution in [1.82, 2.24) is 0 Å². The van der Waals surface area contributed by atoms with E-state index in [4.69, 9.17) is 9.47 Å². The third kappa shape index (κ3) is 4.57. The van der Waals surface area contributed by atoms with Crippen LogP contribution in [0.25, 0.3) is 0 Å². The Balaban J connectivity index is 2.46. The molecule has 0 aliphatic carbocycles. The van der Waals surface area contributed by atoms with Crippen molar-refractivity contribution in [2.45, 2.75) is 18.8 Å². The molecule has 0 fully saturated rings. The lowest BCUT2D eigenvalue weighted by Crippen LogP contribution is -2.08. The number of hydrogen-bond donors (Lipinski definition) is 0. The Kier molecular flexibility index (Phi) is 6.42.